The van der Waals surface area contributed by atoms with Crippen molar-refractivity contribution in [1.82, 2.24) is 9.97 Å². The molecule has 3 N–H and O–H groups in total. The monoisotopic (exact) mass is 222 g/mol. The van der Waals surface area contributed by atoms with Crippen LogP contribution in [0.3, 0.4) is 0 Å². The summed E-state index contributed by atoms with van der Waals surface area (Å²) in [6.07, 6.45) is 4.58. The van der Waals surface area contributed by atoms with Crippen molar-refractivity contribution >= 4 is 5.82 Å². The Kier molecular flexibility index (Phi) is 4.07. The van der Waals surface area contributed by atoms with E-state index in [-0.39, 0.29) is 0 Å². The van der Waals surface area contributed by atoms with Crippen LogP contribution in [-0.2, 0) is 11.2 Å². The van der Waals surface area contributed by atoms with Gasteiger partial charge >= 0.3 is 0 Å². The Bertz CT molecular complexity index is 326. The molecule has 5 nitrogen and oxygen atoms in total. The van der Waals surface area contributed by atoms with Crippen LogP contribution in [0.1, 0.15) is 18.7 Å². The minimum atomic E-state index is 0.467. The summed E-state index contributed by atoms with van der Waals surface area (Å²) in [5, 5.41) is 3.41. The third-order valence-corrected chi connectivity index (χ3v) is 2.65. The maximum Gasteiger partial charge on any atom is 0.131 e. The van der Waals surface area contributed by atoms with E-state index in [2.05, 4.69) is 15.3 Å². The molecule has 0 amide bonds. The van der Waals surface area contributed by atoms with Crippen LogP contribution in [0.2, 0.25) is 0 Å². The van der Waals surface area contributed by atoms with Gasteiger partial charge in [-0.1, -0.05) is 0 Å². The van der Waals surface area contributed by atoms with Gasteiger partial charge < -0.3 is 15.8 Å². The molecular formula is C11H18N4O. The van der Waals surface area contributed by atoms with Gasteiger partial charge in [-0.3, -0.25) is 0 Å². The molecule has 0 aliphatic carbocycles. The van der Waals surface area contributed by atoms with Crippen LogP contribution >= 0.6 is 0 Å². The summed E-state index contributed by atoms with van der Waals surface area (Å²) in [5.41, 5.74) is 5.48. The molecule has 1 aromatic heterocycles. The number of nitrogens with one attached hydrogen (secondary N) is 1. The van der Waals surface area contributed by atoms with Crippen LogP contribution in [0.4, 0.5) is 5.82 Å². The second kappa shape index (κ2) is 5.77. The smallest absolute Gasteiger partial charge is 0.131 e. The molecular weight excluding hydrogens is 204 g/mol. The van der Waals surface area contributed by atoms with Gasteiger partial charge in [0, 0.05) is 31.9 Å². The lowest BCUT2D eigenvalue weighted by Crippen LogP contribution is -2.28. The van der Waals surface area contributed by atoms with Crippen molar-refractivity contribution < 1.29 is 4.74 Å². The van der Waals surface area contributed by atoms with Gasteiger partial charge in [-0.05, 0) is 25.5 Å². The van der Waals surface area contributed by atoms with Gasteiger partial charge in [0.1, 0.15) is 11.6 Å². The van der Waals surface area contributed by atoms with Gasteiger partial charge in [0.15, 0.2) is 0 Å². The lowest BCUT2D eigenvalue weighted by molar-refractivity contribution is 0.0904. The van der Waals surface area contributed by atoms with Crippen molar-refractivity contribution in [3.63, 3.8) is 0 Å². The first-order chi connectivity index (χ1) is 7.88. The maximum atomic E-state index is 5.48. The zero-order chi connectivity index (χ0) is 11.2. The van der Waals surface area contributed by atoms with E-state index in [4.69, 9.17) is 10.5 Å². The molecule has 1 aromatic rings. The standard InChI is InChI=1S/C11H18N4O/c12-5-1-10-13-6-2-11(15-10)14-9-3-7-16-8-4-9/h2,6,9H,1,3-5,7-8,12H2,(H,13,14,15). The summed E-state index contributed by atoms with van der Waals surface area (Å²) in [5.74, 6) is 1.70. The second-order valence-electron chi connectivity index (χ2n) is 3.93. The highest BCUT2D eigenvalue weighted by molar-refractivity contribution is 5.34. The summed E-state index contributed by atoms with van der Waals surface area (Å²) in [6.45, 7) is 2.25. The Morgan fingerprint density at radius 1 is 1.44 bits per heavy atom. The largest absolute Gasteiger partial charge is 0.381 e. The topological polar surface area (TPSA) is 73.1 Å². The van der Waals surface area contributed by atoms with Gasteiger partial charge in [-0.2, -0.15) is 0 Å². The fraction of sp³-hybridized carbons (Fsp3) is 0.636. The van der Waals surface area contributed by atoms with Crippen LogP contribution < -0.4 is 11.1 Å². The van der Waals surface area contributed by atoms with Crippen molar-refractivity contribution in [2.75, 3.05) is 25.1 Å². The summed E-state index contributed by atoms with van der Waals surface area (Å²) in [7, 11) is 0. The molecule has 2 rings (SSSR count). The molecule has 1 aliphatic rings. The van der Waals surface area contributed by atoms with E-state index in [0.717, 1.165) is 44.1 Å². The van der Waals surface area contributed by atoms with E-state index in [1.165, 1.54) is 0 Å². The van der Waals surface area contributed by atoms with Gasteiger partial charge in [0.05, 0.1) is 0 Å². The molecule has 0 atom stereocenters. The molecule has 0 radical (unpaired) electrons. The summed E-state index contributed by atoms with van der Waals surface area (Å²) in [4.78, 5) is 8.58. The third kappa shape index (κ3) is 3.15. The Hall–Kier alpha value is -1.20. The Morgan fingerprint density at radius 3 is 3.00 bits per heavy atom. The van der Waals surface area contributed by atoms with Crippen LogP contribution in [0.25, 0.3) is 0 Å². The van der Waals surface area contributed by atoms with Crippen LogP contribution in [0.15, 0.2) is 12.3 Å². The average Bonchev–Trinajstić information content (AvgIpc) is 2.31. The molecule has 1 fully saturated rings. The minimum Gasteiger partial charge on any atom is -0.381 e. The summed E-state index contributed by atoms with van der Waals surface area (Å²) < 4.78 is 5.31. The highest BCUT2D eigenvalue weighted by Gasteiger charge is 2.13. The number of anilines is 1. The molecule has 0 aromatic carbocycles. The van der Waals surface area contributed by atoms with Crippen molar-refractivity contribution in [3.05, 3.63) is 18.1 Å². The van der Waals surface area contributed by atoms with Gasteiger partial charge in [0.2, 0.25) is 0 Å². The second-order valence-corrected chi connectivity index (χ2v) is 3.93. The van der Waals surface area contributed by atoms with Crippen LogP contribution in [0, 0.1) is 0 Å². The molecule has 0 spiro atoms. The first-order valence-corrected chi connectivity index (χ1v) is 5.75. The summed E-state index contributed by atoms with van der Waals surface area (Å²) >= 11 is 0. The van der Waals surface area contributed by atoms with Gasteiger partial charge in [0.25, 0.3) is 0 Å². The number of nitrogens with zero attached hydrogens (tertiary/aromatic N) is 2. The zero-order valence-electron chi connectivity index (χ0n) is 9.35. The van der Waals surface area contributed by atoms with E-state index in [9.17, 15) is 0 Å². The first kappa shape index (κ1) is 11.3. The number of hydrogen-bond acceptors (Lipinski definition) is 5. The lowest BCUT2D eigenvalue weighted by atomic mass is 10.1. The van der Waals surface area contributed by atoms with Gasteiger partial charge in [-0.25, -0.2) is 9.97 Å². The van der Waals surface area contributed by atoms with Crippen molar-refractivity contribution in [1.29, 1.82) is 0 Å². The molecule has 2 heterocycles. The molecule has 0 saturated carbocycles. The third-order valence-electron chi connectivity index (χ3n) is 2.65. The van der Waals surface area contributed by atoms with E-state index < -0.39 is 0 Å². The predicted molar refractivity (Wildman–Crippen MR) is 62.3 cm³/mol. The molecule has 5 heteroatoms. The highest BCUT2D eigenvalue weighted by atomic mass is 16.5. The zero-order valence-corrected chi connectivity index (χ0v) is 9.35. The van der Waals surface area contributed by atoms with E-state index in [1.807, 2.05) is 6.07 Å². The molecule has 16 heavy (non-hydrogen) atoms. The lowest BCUT2D eigenvalue weighted by Gasteiger charge is -2.23. The Morgan fingerprint density at radius 2 is 2.25 bits per heavy atom. The number of rotatable bonds is 4. The van der Waals surface area contributed by atoms with E-state index >= 15 is 0 Å². The SMILES string of the molecule is NCCc1nccc(NC2CCOCC2)n1. The molecule has 88 valence electrons. The fourth-order valence-electron chi connectivity index (χ4n) is 1.78. The number of hydrogen-bond donors (Lipinski definition) is 2. The molecule has 0 bridgehead atoms. The molecule has 1 aliphatic heterocycles. The fourth-order valence-corrected chi connectivity index (χ4v) is 1.78. The highest BCUT2D eigenvalue weighted by Crippen LogP contribution is 2.12. The van der Waals surface area contributed by atoms with Gasteiger partial charge in [-0.15, -0.1) is 0 Å². The molecule has 1 saturated heterocycles. The predicted octanol–water partition coefficient (Wildman–Crippen LogP) is 0.569. The summed E-state index contributed by atoms with van der Waals surface area (Å²) in [6, 6.07) is 2.37. The maximum absolute atomic E-state index is 5.48. The number of aromatic nitrogens is 2. The molecule has 0 unspecified atom stereocenters. The van der Waals surface area contributed by atoms with Crippen molar-refractivity contribution in [2.45, 2.75) is 25.3 Å². The van der Waals surface area contributed by atoms with Crippen LogP contribution in [0.5, 0.6) is 0 Å². The normalized spacial score (nSPS) is 17.3. The average molecular weight is 222 g/mol. The van der Waals surface area contributed by atoms with E-state index in [0.29, 0.717) is 12.6 Å². The van der Waals surface area contributed by atoms with Crippen molar-refractivity contribution in [3.8, 4) is 0 Å². The van der Waals surface area contributed by atoms with E-state index in [1.54, 1.807) is 6.20 Å². The Balaban J connectivity index is 1.94. The minimum absolute atomic E-state index is 0.467. The Labute approximate surface area is 95.4 Å². The first-order valence-electron chi connectivity index (χ1n) is 5.75. The quantitative estimate of drug-likeness (QED) is 0.779. The van der Waals surface area contributed by atoms with Crippen LogP contribution in [-0.4, -0.2) is 35.8 Å². The van der Waals surface area contributed by atoms with Crippen molar-refractivity contribution in [2.24, 2.45) is 5.73 Å². The number of ether oxygens (including phenoxy) is 1. The number of nitrogens with two attached hydrogens (primary N) is 1.